The van der Waals surface area contributed by atoms with Gasteiger partial charge in [-0.3, -0.25) is 9.69 Å². The maximum Gasteiger partial charge on any atom is 0.234 e. The lowest BCUT2D eigenvalue weighted by Crippen LogP contribution is -2.36. The van der Waals surface area contributed by atoms with E-state index < -0.39 is 0 Å². The van der Waals surface area contributed by atoms with Crippen molar-refractivity contribution in [2.24, 2.45) is 0 Å². The second-order valence-corrected chi connectivity index (χ2v) is 2.55. The Hall–Kier alpha value is -0.870. The van der Waals surface area contributed by atoms with Crippen molar-refractivity contribution in [3.63, 3.8) is 0 Å². The van der Waals surface area contributed by atoms with Crippen LogP contribution in [-0.2, 0) is 4.79 Å². The molecule has 0 radical (unpaired) electrons. The number of rotatable bonds is 6. The van der Waals surface area contributed by atoms with Crippen molar-refractivity contribution in [3.8, 4) is 0 Å². The zero-order chi connectivity index (χ0) is 9.40. The topological polar surface area (TPSA) is 52.6 Å². The summed E-state index contributed by atoms with van der Waals surface area (Å²) in [5.74, 6) is -0.0501. The van der Waals surface area contributed by atoms with E-state index in [0.29, 0.717) is 19.6 Å². The fourth-order valence-electron chi connectivity index (χ4n) is 0.737. The highest BCUT2D eigenvalue weighted by atomic mass is 16.3. The summed E-state index contributed by atoms with van der Waals surface area (Å²) in [5.41, 5.74) is 0. The summed E-state index contributed by atoms with van der Waals surface area (Å²) in [7, 11) is 1.78. The van der Waals surface area contributed by atoms with Gasteiger partial charge in [-0.2, -0.15) is 0 Å². The van der Waals surface area contributed by atoms with Crippen molar-refractivity contribution in [1.29, 1.82) is 0 Å². The Morgan fingerprint density at radius 2 is 2.42 bits per heavy atom. The molecule has 0 heterocycles. The van der Waals surface area contributed by atoms with Crippen LogP contribution in [-0.4, -0.2) is 49.2 Å². The minimum atomic E-state index is -0.0501. The lowest BCUT2D eigenvalue weighted by Gasteiger charge is -2.13. The average Bonchev–Trinajstić information content (AvgIpc) is 2.01. The van der Waals surface area contributed by atoms with Gasteiger partial charge in [-0.1, -0.05) is 6.08 Å². The quantitative estimate of drug-likeness (QED) is 0.516. The summed E-state index contributed by atoms with van der Waals surface area (Å²) in [6, 6.07) is 0. The number of likely N-dealkylation sites (N-methyl/N-ethyl adjacent to an activating group) is 1. The minimum absolute atomic E-state index is 0.0501. The number of aliphatic hydroxyl groups is 1. The Morgan fingerprint density at radius 3 is 2.92 bits per heavy atom. The van der Waals surface area contributed by atoms with Crippen LogP contribution in [0.2, 0.25) is 0 Å². The van der Waals surface area contributed by atoms with Gasteiger partial charge in [0.25, 0.3) is 0 Å². The SMILES string of the molecule is C=CCNC(=O)CN(C)CCO. The molecular weight excluding hydrogens is 156 g/mol. The van der Waals surface area contributed by atoms with Crippen molar-refractivity contribution in [2.75, 3.05) is 33.3 Å². The Bertz CT molecular complexity index is 148. The second kappa shape index (κ2) is 6.82. The molecule has 0 aromatic rings. The van der Waals surface area contributed by atoms with Gasteiger partial charge in [-0.15, -0.1) is 6.58 Å². The van der Waals surface area contributed by atoms with E-state index >= 15 is 0 Å². The predicted molar refractivity (Wildman–Crippen MR) is 47.8 cm³/mol. The highest BCUT2D eigenvalue weighted by Crippen LogP contribution is 1.79. The first kappa shape index (κ1) is 11.1. The normalized spacial score (nSPS) is 9.92. The molecular formula is C8H16N2O2. The third-order valence-corrected chi connectivity index (χ3v) is 1.34. The van der Waals surface area contributed by atoms with Crippen LogP contribution in [0.3, 0.4) is 0 Å². The first-order valence-electron chi connectivity index (χ1n) is 3.87. The van der Waals surface area contributed by atoms with Gasteiger partial charge in [0.2, 0.25) is 5.91 Å². The molecule has 0 unspecified atom stereocenters. The van der Waals surface area contributed by atoms with E-state index in [2.05, 4.69) is 11.9 Å². The lowest BCUT2D eigenvalue weighted by molar-refractivity contribution is -0.121. The molecule has 4 heteroatoms. The van der Waals surface area contributed by atoms with E-state index in [1.54, 1.807) is 18.0 Å². The predicted octanol–water partition coefficient (Wildman–Crippen LogP) is -0.787. The van der Waals surface area contributed by atoms with E-state index in [-0.39, 0.29) is 12.5 Å². The van der Waals surface area contributed by atoms with Crippen molar-refractivity contribution in [3.05, 3.63) is 12.7 Å². The van der Waals surface area contributed by atoms with Gasteiger partial charge in [-0.05, 0) is 7.05 Å². The number of carbonyl (C=O) groups is 1. The van der Waals surface area contributed by atoms with E-state index in [0.717, 1.165) is 0 Å². The molecule has 1 amide bonds. The Morgan fingerprint density at radius 1 is 1.75 bits per heavy atom. The van der Waals surface area contributed by atoms with Crippen LogP contribution in [0, 0.1) is 0 Å². The Balaban J connectivity index is 3.46. The van der Waals surface area contributed by atoms with Crippen molar-refractivity contribution in [2.45, 2.75) is 0 Å². The van der Waals surface area contributed by atoms with Crippen LogP contribution in [0.4, 0.5) is 0 Å². The fraction of sp³-hybridized carbons (Fsp3) is 0.625. The smallest absolute Gasteiger partial charge is 0.234 e. The molecule has 4 nitrogen and oxygen atoms in total. The zero-order valence-electron chi connectivity index (χ0n) is 7.42. The summed E-state index contributed by atoms with van der Waals surface area (Å²) in [6.45, 7) is 4.88. The summed E-state index contributed by atoms with van der Waals surface area (Å²) in [4.78, 5) is 12.8. The van der Waals surface area contributed by atoms with Gasteiger partial charge in [0.1, 0.15) is 0 Å². The van der Waals surface area contributed by atoms with Gasteiger partial charge in [0.15, 0.2) is 0 Å². The first-order chi connectivity index (χ1) is 5.70. The van der Waals surface area contributed by atoms with E-state index in [1.807, 2.05) is 0 Å². The molecule has 0 saturated carbocycles. The lowest BCUT2D eigenvalue weighted by atomic mass is 10.5. The van der Waals surface area contributed by atoms with Crippen LogP contribution in [0.25, 0.3) is 0 Å². The van der Waals surface area contributed by atoms with Crippen LogP contribution >= 0.6 is 0 Å². The summed E-state index contributed by atoms with van der Waals surface area (Å²) in [5, 5.41) is 11.2. The van der Waals surface area contributed by atoms with Crippen LogP contribution in [0.1, 0.15) is 0 Å². The van der Waals surface area contributed by atoms with Gasteiger partial charge in [-0.25, -0.2) is 0 Å². The van der Waals surface area contributed by atoms with E-state index in [4.69, 9.17) is 5.11 Å². The number of carbonyl (C=O) groups excluding carboxylic acids is 1. The molecule has 2 N–H and O–H groups in total. The molecule has 12 heavy (non-hydrogen) atoms. The van der Waals surface area contributed by atoms with Gasteiger partial charge >= 0.3 is 0 Å². The number of hydrogen-bond donors (Lipinski definition) is 2. The maximum absolute atomic E-state index is 11.0. The van der Waals surface area contributed by atoms with Gasteiger partial charge < -0.3 is 10.4 Å². The standard InChI is InChI=1S/C8H16N2O2/c1-3-4-9-8(12)7-10(2)5-6-11/h3,11H,1,4-7H2,2H3,(H,9,12). The Labute approximate surface area is 72.9 Å². The number of nitrogens with zero attached hydrogens (tertiary/aromatic N) is 1. The van der Waals surface area contributed by atoms with Crippen molar-refractivity contribution in [1.82, 2.24) is 10.2 Å². The second-order valence-electron chi connectivity index (χ2n) is 2.55. The number of amides is 1. The van der Waals surface area contributed by atoms with Crippen LogP contribution < -0.4 is 5.32 Å². The molecule has 0 aromatic heterocycles. The number of aliphatic hydroxyl groups excluding tert-OH is 1. The molecule has 0 spiro atoms. The molecule has 0 saturated heterocycles. The Kier molecular flexibility index (Phi) is 6.32. The molecule has 0 aliphatic rings. The van der Waals surface area contributed by atoms with Crippen LogP contribution in [0.5, 0.6) is 0 Å². The summed E-state index contributed by atoms with van der Waals surface area (Å²) >= 11 is 0. The molecule has 0 fully saturated rings. The monoisotopic (exact) mass is 172 g/mol. The molecule has 0 rings (SSSR count). The molecule has 0 aliphatic heterocycles. The fourth-order valence-corrected chi connectivity index (χ4v) is 0.737. The minimum Gasteiger partial charge on any atom is -0.395 e. The molecule has 0 atom stereocenters. The number of nitrogens with one attached hydrogen (secondary N) is 1. The molecule has 70 valence electrons. The average molecular weight is 172 g/mol. The van der Waals surface area contributed by atoms with Crippen molar-refractivity contribution >= 4 is 5.91 Å². The number of hydrogen-bond acceptors (Lipinski definition) is 3. The summed E-state index contributed by atoms with van der Waals surface area (Å²) in [6.07, 6.45) is 1.63. The van der Waals surface area contributed by atoms with Gasteiger partial charge in [0, 0.05) is 13.1 Å². The molecule has 0 bridgehead atoms. The third-order valence-electron chi connectivity index (χ3n) is 1.34. The first-order valence-corrected chi connectivity index (χ1v) is 3.87. The van der Waals surface area contributed by atoms with Crippen LogP contribution in [0.15, 0.2) is 12.7 Å². The largest absolute Gasteiger partial charge is 0.395 e. The highest BCUT2D eigenvalue weighted by molar-refractivity contribution is 5.78. The van der Waals surface area contributed by atoms with E-state index in [1.165, 1.54) is 0 Å². The van der Waals surface area contributed by atoms with Crippen molar-refractivity contribution < 1.29 is 9.90 Å². The van der Waals surface area contributed by atoms with E-state index in [9.17, 15) is 4.79 Å². The summed E-state index contributed by atoms with van der Waals surface area (Å²) < 4.78 is 0. The zero-order valence-corrected chi connectivity index (χ0v) is 7.42. The maximum atomic E-state index is 11.0. The molecule has 0 aromatic carbocycles. The molecule has 0 aliphatic carbocycles. The highest BCUT2D eigenvalue weighted by Gasteiger charge is 2.03. The third kappa shape index (κ3) is 5.88. The van der Waals surface area contributed by atoms with Gasteiger partial charge in [0.05, 0.1) is 13.2 Å².